The Bertz CT molecular complexity index is 548. The quantitative estimate of drug-likeness (QED) is 0.846. The smallest absolute Gasteiger partial charge is 0.261 e. The SMILES string of the molecule is O=C1N2C=CCC2OC12CC(OCc1ccccc1)C2. The normalized spacial score (nSPS) is 34.6. The van der Waals surface area contributed by atoms with Crippen molar-refractivity contribution >= 4 is 5.91 Å². The van der Waals surface area contributed by atoms with E-state index in [1.54, 1.807) is 4.90 Å². The van der Waals surface area contributed by atoms with Crippen molar-refractivity contribution in [3.63, 3.8) is 0 Å². The van der Waals surface area contributed by atoms with E-state index in [-0.39, 0.29) is 18.2 Å². The molecule has 3 aliphatic rings. The molecule has 2 aliphatic heterocycles. The standard InChI is InChI=1S/C16H17NO3/c18-15-16(20-14-7-4-8-17(14)15)9-13(10-16)19-11-12-5-2-1-3-6-12/h1-6,8,13-14H,7,9-11H2. The second-order valence-electron chi connectivity index (χ2n) is 5.73. The van der Waals surface area contributed by atoms with Gasteiger partial charge in [-0.2, -0.15) is 0 Å². The molecule has 1 aromatic rings. The Kier molecular flexibility index (Phi) is 2.69. The Morgan fingerprint density at radius 2 is 2.10 bits per heavy atom. The summed E-state index contributed by atoms with van der Waals surface area (Å²) in [6, 6.07) is 10.1. The van der Waals surface area contributed by atoms with Crippen LogP contribution in [0.3, 0.4) is 0 Å². The van der Waals surface area contributed by atoms with Crippen molar-refractivity contribution < 1.29 is 14.3 Å². The Labute approximate surface area is 118 Å². The predicted octanol–water partition coefficient (Wildman–Crippen LogP) is 2.21. The molecule has 1 spiro atoms. The van der Waals surface area contributed by atoms with E-state index in [9.17, 15) is 4.79 Å². The first-order chi connectivity index (χ1) is 9.77. The van der Waals surface area contributed by atoms with E-state index in [0.29, 0.717) is 19.4 Å². The first-order valence-corrected chi connectivity index (χ1v) is 7.10. The molecule has 1 saturated heterocycles. The number of rotatable bonds is 3. The average molecular weight is 271 g/mol. The van der Waals surface area contributed by atoms with Gasteiger partial charge in [0, 0.05) is 25.5 Å². The number of nitrogens with zero attached hydrogens (tertiary/aromatic N) is 1. The van der Waals surface area contributed by atoms with Crippen molar-refractivity contribution in [3.8, 4) is 0 Å². The summed E-state index contributed by atoms with van der Waals surface area (Å²) in [7, 11) is 0. The largest absolute Gasteiger partial charge is 0.373 e. The maximum Gasteiger partial charge on any atom is 0.261 e. The molecule has 104 valence electrons. The molecule has 1 aromatic carbocycles. The summed E-state index contributed by atoms with van der Waals surface area (Å²) < 4.78 is 11.8. The molecule has 4 rings (SSSR count). The lowest BCUT2D eigenvalue weighted by atomic mass is 9.76. The minimum Gasteiger partial charge on any atom is -0.373 e. The summed E-state index contributed by atoms with van der Waals surface area (Å²) in [6.45, 7) is 0.600. The Morgan fingerprint density at radius 1 is 1.30 bits per heavy atom. The van der Waals surface area contributed by atoms with Gasteiger partial charge in [0.1, 0.15) is 6.23 Å². The molecule has 0 aromatic heterocycles. The molecule has 4 heteroatoms. The Hall–Kier alpha value is -1.65. The van der Waals surface area contributed by atoms with E-state index in [2.05, 4.69) is 0 Å². The van der Waals surface area contributed by atoms with E-state index < -0.39 is 5.60 Å². The maximum atomic E-state index is 12.3. The van der Waals surface area contributed by atoms with Gasteiger partial charge in [-0.3, -0.25) is 9.69 Å². The van der Waals surface area contributed by atoms with Crippen LogP contribution in [0.25, 0.3) is 0 Å². The van der Waals surface area contributed by atoms with Gasteiger partial charge in [-0.05, 0) is 5.56 Å². The number of hydrogen-bond acceptors (Lipinski definition) is 3. The first-order valence-electron chi connectivity index (χ1n) is 7.10. The third-order valence-electron chi connectivity index (χ3n) is 4.34. The predicted molar refractivity (Wildman–Crippen MR) is 72.5 cm³/mol. The molecule has 1 unspecified atom stereocenters. The number of ether oxygens (including phenoxy) is 2. The molecule has 0 bridgehead atoms. The maximum absolute atomic E-state index is 12.3. The fourth-order valence-corrected chi connectivity index (χ4v) is 3.20. The van der Waals surface area contributed by atoms with Gasteiger partial charge in [-0.1, -0.05) is 36.4 Å². The van der Waals surface area contributed by atoms with E-state index in [4.69, 9.17) is 9.47 Å². The van der Waals surface area contributed by atoms with E-state index in [0.717, 1.165) is 12.0 Å². The molecule has 2 heterocycles. The molecular weight excluding hydrogens is 254 g/mol. The topological polar surface area (TPSA) is 38.8 Å². The van der Waals surface area contributed by atoms with Crippen LogP contribution < -0.4 is 0 Å². The molecule has 1 atom stereocenters. The van der Waals surface area contributed by atoms with E-state index in [1.807, 2.05) is 42.6 Å². The molecule has 2 fully saturated rings. The van der Waals surface area contributed by atoms with Crippen molar-refractivity contribution in [3.05, 3.63) is 48.2 Å². The summed E-state index contributed by atoms with van der Waals surface area (Å²) in [5, 5.41) is 0. The molecule has 0 N–H and O–H groups in total. The van der Waals surface area contributed by atoms with Crippen LogP contribution in [0, 0.1) is 0 Å². The lowest BCUT2D eigenvalue weighted by molar-refractivity contribution is -0.176. The second-order valence-corrected chi connectivity index (χ2v) is 5.73. The highest BCUT2D eigenvalue weighted by Crippen LogP contribution is 2.47. The average Bonchev–Trinajstić information content (AvgIpc) is 2.98. The number of amides is 1. The van der Waals surface area contributed by atoms with Crippen LogP contribution in [0.4, 0.5) is 0 Å². The van der Waals surface area contributed by atoms with Gasteiger partial charge in [0.2, 0.25) is 0 Å². The van der Waals surface area contributed by atoms with Gasteiger partial charge in [0.05, 0.1) is 12.7 Å². The fourth-order valence-electron chi connectivity index (χ4n) is 3.20. The monoisotopic (exact) mass is 271 g/mol. The van der Waals surface area contributed by atoms with Crippen LogP contribution >= 0.6 is 0 Å². The number of fused-ring (bicyclic) bond motifs is 1. The molecule has 20 heavy (non-hydrogen) atoms. The second kappa shape index (κ2) is 4.43. The zero-order chi connectivity index (χ0) is 13.6. The highest BCUT2D eigenvalue weighted by atomic mass is 16.6. The van der Waals surface area contributed by atoms with Crippen molar-refractivity contribution in [1.82, 2.24) is 4.90 Å². The lowest BCUT2D eigenvalue weighted by Crippen LogP contribution is -2.54. The molecule has 1 amide bonds. The van der Waals surface area contributed by atoms with Gasteiger partial charge < -0.3 is 9.47 Å². The van der Waals surface area contributed by atoms with Crippen LogP contribution in [0.1, 0.15) is 24.8 Å². The van der Waals surface area contributed by atoms with Crippen LogP contribution in [0.5, 0.6) is 0 Å². The minimum absolute atomic E-state index is 0.0717. The van der Waals surface area contributed by atoms with Gasteiger partial charge in [0.15, 0.2) is 5.60 Å². The highest BCUT2D eigenvalue weighted by molar-refractivity contribution is 5.89. The molecule has 1 saturated carbocycles. The fraction of sp³-hybridized carbons (Fsp3) is 0.438. The first kappa shape index (κ1) is 12.1. The summed E-state index contributed by atoms with van der Waals surface area (Å²) in [5.74, 6) is 0.107. The number of benzene rings is 1. The minimum atomic E-state index is -0.600. The van der Waals surface area contributed by atoms with E-state index in [1.165, 1.54) is 0 Å². The summed E-state index contributed by atoms with van der Waals surface area (Å²) in [5.41, 5.74) is 0.562. The van der Waals surface area contributed by atoms with Crippen molar-refractivity contribution in [2.45, 2.75) is 43.8 Å². The van der Waals surface area contributed by atoms with Gasteiger partial charge in [-0.25, -0.2) is 0 Å². The summed E-state index contributed by atoms with van der Waals surface area (Å²) >= 11 is 0. The zero-order valence-corrected chi connectivity index (χ0v) is 11.2. The number of carbonyl (C=O) groups is 1. The van der Waals surface area contributed by atoms with Crippen LogP contribution in [0.2, 0.25) is 0 Å². The van der Waals surface area contributed by atoms with Gasteiger partial charge >= 0.3 is 0 Å². The Balaban J connectivity index is 1.34. The number of carbonyl (C=O) groups excluding carboxylic acids is 1. The van der Waals surface area contributed by atoms with Crippen molar-refractivity contribution in [2.24, 2.45) is 0 Å². The van der Waals surface area contributed by atoms with Crippen molar-refractivity contribution in [2.75, 3.05) is 0 Å². The molecular formula is C16H17NO3. The molecule has 4 nitrogen and oxygen atoms in total. The van der Waals surface area contributed by atoms with Crippen LogP contribution in [-0.2, 0) is 20.9 Å². The van der Waals surface area contributed by atoms with Crippen LogP contribution in [-0.4, -0.2) is 28.7 Å². The lowest BCUT2D eigenvalue weighted by Gasteiger charge is -2.41. The third kappa shape index (κ3) is 1.79. The molecule has 1 aliphatic carbocycles. The van der Waals surface area contributed by atoms with Gasteiger partial charge in [-0.15, -0.1) is 0 Å². The Morgan fingerprint density at radius 3 is 2.85 bits per heavy atom. The third-order valence-corrected chi connectivity index (χ3v) is 4.34. The number of hydrogen-bond donors (Lipinski definition) is 0. The summed E-state index contributed by atoms with van der Waals surface area (Å²) in [4.78, 5) is 14.0. The van der Waals surface area contributed by atoms with Crippen molar-refractivity contribution in [1.29, 1.82) is 0 Å². The zero-order valence-electron chi connectivity index (χ0n) is 11.2. The molecule has 0 radical (unpaired) electrons. The highest BCUT2D eigenvalue weighted by Gasteiger charge is 2.60. The summed E-state index contributed by atoms with van der Waals surface area (Å²) in [6.07, 6.45) is 6.06. The van der Waals surface area contributed by atoms with E-state index >= 15 is 0 Å². The van der Waals surface area contributed by atoms with Crippen LogP contribution in [0.15, 0.2) is 42.6 Å². The van der Waals surface area contributed by atoms with Gasteiger partial charge in [0.25, 0.3) is 5.91 Å².